The number of para-hydroxylation sites is 1. The Morgan fingerprint density at radius 2 is 0.536 bits per heavy atom. The molecule has 138 heavy (non-hydrogen) atoms. The van der Waals surface area contributed by atoms with Crippen molar-refractivity contribution in [3.63, 3.8) is 0 Å². The first kappa shape index (κ1) is 138. The molecule has 0 unspecified atom stereocenters. The van der Waals surface area contributed by atoms with Crippen molar-refractivity contribution in [2.24, 2.45) is 0 Å². The average molecular weight is 1980 g/mol. The minimum atomic E-state index is -3.87. The Hall–Kier alpha value is -12.6. The molecule has 0 aliphatic heterocycles. The minimum absolute atomic E-state index is 0.0920. The number of carbonyl (C=O) groups is 4. The standard InChI is InChI=1S/2C21H20N2O4S.C21H20N2O3S.C18H14N2O4S.15C2H6/c1-14-4-9-18(10-5-14)28(26,27)22-20-11-6-15(2)12-19(20)21(24)17-8-7-16(3)23(25)13-17;1-14-6-9-17(10-7-14)28(26,27)22-20-11-8-15(2)13-19(20)21(24)18-5-4-12-23(25)16(18)3;1-14-4-9-18(10-5-14)27(25,26)23-20-11-6-15(2)12-19(20)21(24)17-8-7-16(3)22-13-17;21-18(14-7-6-12-20(22)13-14)16-10-4-5-11-17(16)19-25(23,24)15-8-2-1-3-9-15;15*1-2/h2*4-13,22H,1-3H3;4-13,23H,1-3H3;1-13,19H;15*1-2H3. The summed E-state index contributed by atoms with van der Waals surface area (Å²) in [7, 11) is -15.4. The molecule has 0 saturated heterocycles. The summed E-state index contributed by atoms with van der Waals surface area (Å²) in [6.45, 7) is 76.1. The van der Waals surface area contributed by atoms with E-state index in [0.717, 1.165) is 45.3 Å². The number of aryl methyl sites for hydroxylation is 8. The maximum Gasteiger partial charge on any atom is 0.261 e. The molecule has 8 aromatic carbocycles. The summed E-state index contributed by atoms with van der Waals surface area (Å²) in [5.74, 6) is -1.59. The van der Waals surface area contributed by atoms with Crippen LogP contribution in [0.4, 0.5) is 22.7 Å². The third-order valence-corrected chi connectivity index (χ3v) is 22.0. The Kier molecular flexibility index (Phi) is 78.7. The highest BCUT2D eigenvalue weighted by Crippen LogP contribution is 2.30. The summed E-state index contributed by atoms with van der Waals surface area (Å²) in [6, 6.07) is 60.8. The molecular formula is C111H164N8O15S4. The lowest BCUT2D eigenvalue weighted by molar-refractivity contribution is -0.612. The zero-order valence-electron chi connectivity index (χ0n) is 89.9. The van der Waals surface area contributed by atoms with E-state index in [2.05, 4.69) is 23.9 Å². The number of rotatable bonds is 20. The SMILES string of the molecule is CC.CC.CC.CC.CC.CC.CC.CC.CC.CC.CC.CC.CC.CC.CC.Cc1ccc(S(=O)(=O)Nc2ccc(C)cc2C(=O)c2ccc(C)[n+]([O-])c2)cc1.Cc1ccc(S(=O)(=O)Nc2ccc(C)cc2C(=O)c2ccc(C)nc2)cc1.Cc1ccc(S(=O)(=O)Nc2ccc(C)cc2C(=O)c2ccc[n+]([O-])c2C)cc1.O=C(c1ccc[n+]([O-])c1)c1ccccc1NS(=O)(=O)c1ccccc1. The predicted octanol–water partition coefficient (Wildman–Crippen LogP) is 28.3. The lowest BCUT2D eigenvalue weighted by Gasteiger charge is -2.14. The Labute approximate surface area is 832 Å². The average Bonchev–Trinajstić information content (AvgIpc) is 0.799. The van der Waals surface area contributed by atoms with Gasteiger partial charge in [-0.05, 0) is 176 Å². The lowest BCUT2D eigenvalue weighted by atomic mass is 9.99. The highest BCUT2D eigenvalue weighted by molar-refractivity contribution is 7.93. The molecule has 12 rings (SSSR count). The smallest absolute Gasteiger partial charge is 0.261 e. The maximum atomic E-state index is 13.1. The van der Waals surface area contributed by atoms with E-state index in [1.165, 1.54) is 104 Å². The Balaban J connectivity index is -0.000000303. The zero-order chi connectivity index (χ0) is 108. The van der Waals surface area contributed by atoms with Crippen molar-refractivity contribution in [3.05, 3.63) is 372 Å². The molecule has 0 fully saturated rings. The van der Waals surface area contributed by atoms with E-state index in [1.807, 2.05) is 242 Å². The number of nitrogens with one attached hydrogen (secondary N) is 4. The van der Waals surface area contributed by atoms with Gasteiger partial charge in [-0.25, -0.2) is 33.7 Å². The molecule has 23 nitrogen and oxygen atoms in total. The molecule has 12 aromatic rings. The molecule has 4 N–H and O–H groups in total. The minimum Gasteiger partial charge on any atom is -0.619 e. The third-order valence-electron chi connectivity index (χ3n) is 16.5. The molecule has 0 amide bonds. The molecule has 4 heterocycles. The number of hydrogen-bond donors (Lipinski definition) is 4. The van der Waals surface area contributed by atoms with Gasteiger partial charge in [0.15, 0.2) is 36.3 Å². The van der Waals surface area contributed by atoms with Crippen LogP contribution >= 0.6 is 0 Å². The van der Waals surface area contributed by atoms with Crippen LogP contribution in [0.2, 0.25) is 0 Å². The fourth-order valence-electron chi connectivity index (χ4n) is 10.4. The van der Waals surface area contributed by atoms with Crippen LogP contribution in [0.25, 0.3) is 0 Å². The summed E-state index contributed by atoms with van der Waals surface area (Å²) >= 11 is 0. The lowest BCUT2D eigenvalue weighted by Crippen LogP contribution is -2.31. The second kappa shape index (κ2) is 78.5. The topological polar surface area (TPSA) is 347 Å². The van der Waals surface area contributed by atoms with Crippen LogP contribution in [-0.4, -0.2) is 61.8 Å². The van der Waals surface area contributed by atoms with E-state index < -0.39 is 57.4 Å². The monoisotopic (exact) mass is 1980 g/mol. The zero-order valence-corrected chi connectivity index (χ0v) is 93.1. The number of pyridine rings is 4. The van der Waals surface area contributed by atoms with Crippen LogP contribution < -0.4 is 33.1 Å². The first-order valence-electron chi connectivity index (χ1n) is 48.1. The van der Waals surface area contributed by atoms with E-state index in [0.29, 0.717) is 25.4 Å². The molecule has 762 valence electrons. The summed E-state index contributed by atoms with van der Waals surface area (Å²) in [5, 5.41) is 35.0. The van der Waals surface area contributed by atoms with Gasteiger partial charge in [-0.15, -0.1) is 0 Å². The number of hydrogen-bond acceptors (Lipinski definition) is 16. The Morgan fingerprint density at radius 3 is 0.877 bits per heavy atom. The van der Waals surface area contributed by atoms with Crippen LogP contribution in [0.5, 0.6) is 0 Å². The van der Waals surface area contributed by atoms with Gasteiger partial charge in [0.05, 0.1) is 59.0 Å². The van der Waals surface area contributed by atoms with Gasteiger partial charge in [0.2, 0.25) is 23.0 Å². The van der Waals surface area contributed by atoms with Crippen LogP contribution in [0.1, 0.15) is 322 Å². The van der Waals surface area contributed by atoms with Gasteiger partial charge >= 0.3 is 0 Å². The van der Waals surface area contributed by atoms with Crippen molar-refractivity contribution in [2.75, 3.05) is 18.9 Å². The molecule has 0 atom stereocenters. The van der Waals surface area contributed by atoms with E-state index in [1.54, 1.807) is 179 Å². The fourth-order valence-corrected chi connectivity index (χ4v) is 14.8. The molecule has 0 aliphatic carbocycles. The normalized spacial score (nSPS) is 9.41. The van der Waals surface area contributed by atoms with Gasteiger partial charge in [0.25, 0.3) is 40.1 Å². The van der Waals surface area contributed by atoms with E-state index in [-0.39, 0.29) is 92.8 Å². The van der Waals surface area contributed by atoms with E-state index >= 15 is 0 Å². The first-order chi connectivity index (χ1) is 66.1. The predicted molar refractivity (Wildman–Crippen MR) is 582 cm³/mol. The molecule has 0 radical (unpaired) electrons. The number of benzene rings is 8. The van der Waals surface area contributed by atoms with Crippen LogP contribution in [-0.2, 0) is 40.1 Å². The van der Waals surface area contributed by atoms with Crippen LogP contribution in [0, 0.1) is 77.9 Å². The van der Waals surface area contributed by atoms with Crippen molar-refractivity contribution in [1.82, 2.24) is 4.98 Å². The molecule has 0 aliphatic rings. The van der Waals surface area contributed by atoms with E-state index in [4.69, 9.17) is 0 Å². The molecular weight excluding hydrogens is 1810 g/mol. The Morgan fingerprint density at radius 1 is 0.254 bits per heavy atom. The number of sulfonamides is 4. The third kappa shape index (κ3) is 47.0. The van der Waals surface area contributed by atoms with Crippen molar-refractivity contribution in [2.45, 2.75) is 290 Å². The second-order valence-corrected chi connectivity index (χ2v) is 31.8. The molecule has 0 spiro atoms. The molecule has 0 bridgehead atoms. The van der Waals surface area contributed by atoms with Gasteiger partial charge in [-0.1, -0.05) is 326 Å². The van der Waals surface area contributed by atoms with Crippen LogP contribution in [0.15, 0.2) is 281 Å². The van der Waals surface area contributed by atoms with Gasteiger partial charge < -0.3 is 15.6 Å². The van der Waals surface area contributed by atoms with Crippen LogP contribution in [0.3, 0.4) is 0 Å². The number of aromatic nitrogens is 4. The van der Waals surface area contributed by atoms with Gasteiger partial charge in [0.1, 0.15) is 0 Å². The number of nitrogens with zero attached hydrogens (tertiary/aromatic N) is 4. The molecule has 0 saturated carbocycles. The first-order valence-corrected chi connectivity index (χ1v) is 54.0. The van der Waals surface area contributed by atoms with Crippen molar-refractivity contribution >= 4 is 86.0 Å². The van der Waals surface area contributed by atoms with Gasteiger partial charge in [-0.3, -0.25) is 43.1 Å². The summed E-state index contributed by atoms with van der Waals surface area (Å²) in [4.78, 5) is 56.2. The van der Waals surface area contributed by atoms with Crippen molar-refractivity contribution in [3.8, 4) is 0 Å². The summed E-state index contributed by atoms with van der Waals surface area (Å²) in [5.41, 5.74) is 9.32. The summed E-state index contributed by atoms with van der Waals surface area (Å²) in [6.07, 6.45) is 6.41. The largest absolute Gasteiger partial charge is 0.619 e. The van der Waals surface area contributed by atoms with Gasteiger partial charge in [-0.2, -0.15) is 14.2 Å². The highest BCUT2D eigenvalue weighted by atomic mass is 32.2. The number of ketones is 4. The van der Waals surface area contributed by atoms with E-state index in [9.17, 15) is 68.5 Å². The fraction of sp³-hybridized carbons (Fsp3) is 0.351. The molecule has 4 aromatic heterocycles. The number of anilines is 4. The maximum absolute atomic E-state index is 13.1. The van der Waals surface area contributed by atoms with Gasteiger partial charge in [0, 0.05) is 71.8 Å². The highest BCUT2D eigenvalue weighted by Gasteiger charge is 2.27. The second-order valence-electron chi connectivity index (χ2n) is 25.0. The summed E-state index contributed by atoms with van der Waals surface area (Å²) < 4.78 is 113. The van der Waals surface area contributed by atoms with Crippen molar-refractivity contribution in [1.29, 1.82) is 0 Å². The Bertz CT molecular complexity index is 5870. The van der Waals surface area contributed by atoms with Crippen molar-refractivity contribution < 1.29 is 67.0 Å². The quantitative estimate of drug-likeness (QED) is 0.0313. The number of carbonyl (C=O) groups excluding carboxylic acids is 4. The molecule has 27 heteroatoms.